The molecule has 0 bridgehead atoms. The summed E-state index contributed by atoms with van der Waals surface area (Å²) in [6.07, 6.45) is 12.1. The Balaban J connectivity index is 1.70. The third-order valence-corrected chi connectivity index (χ3v) is 8.29. The lowest BCUT2D eigenvalue weighted by atomic mass is 9.45. The average Bonchev–Trinajstić information content (AvgIpc) is 3.01. The summed E-state index contributed by atoms with van der Waals surface area (Å²) >= 11 is 0. The van der Waals surface area contributed by atoms with Crippen LogP contribution in [0.25, 0.3) is 0 Å². The molecule has 0 amide bonds. The maximum Gasteiger partial charge on any atom is 0.306 e. The van der Waals surface area contributed by atoms with Crippen molar-refractivity contribution in [1.29, 1.82) is 0 Å². The molecule has 4 aliphatic carbocycles. The summed E-state index contributed by atoms with van der Waals surface area (Å²) in [7, 11) is 0. The first kappa shape index (κ1) is 17.1. The predicted molar refractivity (Wildman–Crippen MR) is 93.8 cm³/mol. The van der Waals surface area contributed by atoms with Gasteiger partial charge < -0.3 is 9.84 Å². The van der Waals surface area contributed by atoms with Gasteiger partial charge in [-0.05, 0) is 81.0 Å². The van der Waals surface area contributed by atoms with E-state index in [0.29, 0.717) is 42.7 Å². The van der Waals surface area contributed by atoms with Crippen LogP contribution in [0.5, 0.6) is 0 Å². The highest BCUT2D eigenvalue weighted by molar-refractivity contribution is 5.70. The molecule has 4 nitrogen and oxygen atoms in total. The van der Waals surface area contributed by atoms with Crippen molar-refractivity contribution in [1.82, 2.24) is 0 Å². The molecule has 0 aromatic rings. The fourth-order valence-electron chi connectivity index (χ4n) is 7.11. The minimum absolute atomic E-state index is 0.129. The zero-order valence-corrected chi connectivity index (χ0v) is 15.2. The van der Waals surface area contributed by atoms with Gasteiger partial charge in [-0.2, -0.15) is 0 Å². The maximum atomic E-state index is 11.7. The number of hydrogen-bond acceptors (Lipinski definition) is 3. The van der Waals surface area contributed by atoms with Gasteiger partial charge in [-0.25, -0.2) is 0 Å². The smallest absolute Gasteiger partial charge is 0.306 e. The Labute approximate surface area is 150 Å². The zero-order chi connectivity index (χ0) is 17.7. The fourth-order valence-corrected chi connectivity index (χ4v) is 7.11. The van der Waals surface area contributed by atoms with Crippen LogP contribution < -0.4 is 0 Å². The van der Waals surface area contributed by atoms with Gasteiger partial charge in [0.25, 0.3) is 6.47 Å². The fraction of sp³-hybridized carbons (Fsp3) is 0.810. The van der Waals surface area contributed by atoms with E-state index in [9.17, 15) is 14.7 Å². The molecule has 138 valence electrons. The van der Waals surface area contributed by atoms with Gasteiger partial charge in [0.15, 0.2) is 0 Å². The van der Waals surface area contributed by atoms with Crippen LogP contribution in [0.15, 0.2) is 11.6 Å². The molecule has 0 aliphatic heterocycles. The second kappa shape index (κ2) is 6.14. The number of carbonyl (C=O) groups excluding carboxylic acids is 1. The van der Waals surface area contributed by atoms with E-state index in [0.717, 1.165) is 25.7 Å². The topological polar surface area (TPSA) is 63.6 Å². The molecule has 0 aromatic carbocycles. The lowest BCUT2D eigenvalue weighted by molar-refractivity contribution is -0.160. The molecule has 0 spiro atoms. The molecule has 4 aliphatic rings. The third-order valence-electron chi connectivity index (χ3n) is 8.29. The van der Waals surface area contributed by atoms with Crippen LogP contribution in [-0.2, 0) is 14.3 Å². The van der Waals surface area contributed by atoms with E-state index < -0.39 is 5.97 Å². The molecule has 0 radical (unpaired) electrons. The normalized spacial score (nSPS) is 45.6. The minimum atomic E-state index is -0.674. The summed E-state index contributed by atoms with van der Waals surface area (Å²) in [6, 6.07) is 0. The summed E-state index contributed by atoms with van der Waals surface area (Å²) in [4.78, 5) is 22.7. The molecule has 4 rings (SSSR count). The maximum absolute atomic E-state index is 11.7. The Kier molecular flexibility index (Phi) is 4.20. The summed E-state index contributed by atoms with van der Waals surface area (Å²) in [6.45, 7) is 3.39. The molecule has 1 N–H and O–H groups in total. The first-order chi connectivity index (χ1) is 12.0. The Morgan fingerprint density at radius 2 is 2.08 bits per heavy atom. The molecule has 0 saturated heterocycles. The number of carboxylic acid groups (broad SMARTS) is 1. The quantitative estimate of drug-likeness (QED) is 0.612. The molecular weight excluding hydrogens is 316 g/mol. The highest BCUT2D eigenvalue weighted by Gasteiger charge is 2.59. The molecule has 3 saturated carbocycles. The third kappa shape index (κ3) is 2.55. The first-order valence-electron chi connectivity index (χ1n) is 9.99. The number of hydrogen-bond donors (Lipinski definition) is 1. The molecule has 6 atom stereocenters. The highest BCUT2D eigenvalue weighted by Crippen LogP contribution is 2.65. The molecule has 25 heavy (non-hydrogen) atoms. The van der Waals surface area contributed by atoms with Gasteiger partial charge >= 0.3 is 5.97 Å². The molecule has 4 heteroatoms. The van der Waals surface area contributed by atoms with Gasteiger partial charge in [0.05, 0.1) is 12.5 Å². The molecular formula is C21H30O4. The summed E-state index contributed by atoms with van der Waals surface area (Å²) < 4.78 is 5.35. The van der Waals surface area contributed by atoms with Crippen LogP contribution in [-0.4, -0.2) is 24.2 Å². The predicted octanol–water partition coefficient (Wildman–Crippen LogP) is 4.19. The van der Waals surface area contributed by atoms with E-state index in [1.165, 1.54) is 25.7 Å². The van der Waals surface area contributed by atoms with Crippen molar-refractivity contribution < 1.29 is 19.4 Å². The molecule has 0 heterocycles. The lowest BCUT2D eigenvalue weighted by Gasteiger charge is -2.59. The average molecular weight is 346 g/mol. The van der Waals surface area contributed by atoms with E-state index in [-0.39, 0.29) is 11.3 Å². The van der Waals surface area contributed by atoms with Gasteiger partial charge in [-0.3, -0.25) is 9.59 Å². The Hall–Kier alpha value is -1.32. The van der Waals surface area contributed by atoms with E-state index in [2.05, 4.69) is 13.0 Å². The van der Waals surface area contributed by atoms with Crippen LogP contribution in [0.1, 0.15) is 64.7 Å². The number of rotatable bonds is 4. The van der Waals surface area contributed by atoms with Crippen molar-refractivity contribution in [3.8, 4) is 0 Å². The minimum Gasteiger partial charge on any atom is -0.481 e. The molecule has 0 aromatic heterocycles. The highest BCUT2D eigenvalue weighted by atomic mass is 16.5. The zero-order valence-electron chi connectivity index (χ0n) is 15.2. The largest absolute Gasteiger partial charge is 0.481 e. The van der Waals surface area contributed by atoms with Crippen LogP contribution in [0.4, 0.5) is 0 Å². The number of fused-ring (bicyclic) bond motifs is 5. The van der Waals surface area contributed by atoms with Crippen molar-refractivity contribution in [3.63, 3.8) is 0 Å². The Morgan fingerprint density at radius 1 is 1.28 bits per heavy atom. The second-order valence-electron chi connectivity index (χ2n) is 9.24. The van der Waals surface area contributed by atoms with Crippen molar-refractivity contribution in [2.45, 2.75) is 64.7 Å². The van der Waals surface area contributed by atoms with Crippen molar-refractivity contribution in [2.24, 2.45) is 34.5 Å². The van der Waals surface area contributed by atoms with Crippen molar-refractivity contribution in [3.05, 3.63) is 11.6 Å². The molecule has 2 unspecified atom stereocenters. The van der Waals surface area contributed by atoms with E-state index in [4.69, 9.17) is 4.74 Å². The molecule has 3 fully saturated rings. The first-order valence-corrected chi connectivity index (χ1v) is 9.99. The number of carboxylic acids is 1. The Morgan fingerprint density at radius 3 is 2.84 bits per heavy atom. The van der Waals surface area contributed by atoms with Crippen LogP contribution in [0.2, 0.25) is 0 Å². The van der Waals surface area contributed by atoms with Crippen molar-refractivity contribution >= 4 is 12.4 Å². The standard InChI is InChI=1S/C21H30O4/c1-20-9-2-3-17(20)16-7-6-15-5-4-14(19(23)24)11-21(15,12-25-13-22)18(16)8-10-20/h3,13-16,18H,2,4-12H2,1H3,(H,23,24)/t14?,15?,16-,18+,20-,21+/m0/s1. The Bertz CT molecular complexity index is 597. The second-order valence-corrected chi connectivity index (χ2v) is 9.24. The summed E-state index contributed by atoms with van der Waals surface area (Å²) in [5.74, 6) is 0.602. The van der Waals surface area contributed by atoms with Gasteiger partial charge in [0, 0.05) is 5.41 Å². The van der Waals surface area contributed by atoms with E-state index >= 15 is 0 Å². The number of aliphatic carboxylic acids is 1. The number of carbonyl (C=O) groups is 2. The van der Waals surface area contributed by atoms with Crippen LogP contribution in [0.3, 0.4) is 0 Å². The van der Waals surface area contributed by atoms with Crippen LogP contribution in [0, 0.1) is 34.5 Å². The number of ether oxygens (including phenoxy) is 1. The van der Waals surface area contributed by atoms with Crippen LogP contribution >= 0.6 is 0 Å². The van der Waals surface area contributed by atoms with Gasteiger partial charge in [0.2, 0.25) is 0 Å². The summed E-state index contributed by atoms with van der Waals surface area (Å²) in [5, 5.41) is 9.63. The lowest BCUT2D eigenvalue weighted by Crippen LogP contribution is -2.55. The van der Waals surface area contributed by atoms with Gasteiger partial charge in [-0.1, -0.05) is 18.6 Å². The van der Waals surface area contributed by atoms with Crippen molar-refractivity contribution in [2.75, 3.05) is 6.61 Å². The van der Waals surface area contributed by atoms with Gasteiger partial charge in [-0.15, -0.1) is 0 Å². The van der Waals surface area contributed by atoms with Gasteiger partial charge in [0.1, 0.15) is 0 Å². The number of allylic oxidation sites excluding steroid dienone is 2. The SMILES string of the molecule is C[C@@]12CCC=C1[C@@H]1CCC3CCC(C(=O)O)C[C@]3(COC=O)[C@@H]1CC2. The van der Waals surface area contributed by atoms with E-state index in [1.54, 1.807) is 5.57 Å². The summed E-state index contributed by atoms with van der Waals surface area (Å²) in [5.41, 5.74) is 1.88. The van der Waals surface area contributed by atoms with E-state index in [1.807, 2.05) is 0 Å². The monoisotopic (exact) mass is 346 g/mol.